The number of hydrogen-bond donors (Lipinski definition) is 1. The fraction of sp³-hybridized carbons (Fsp3) is 0.533. The van der Waals surface area contributed by atoms with Gasteiger partial charge in [0.25, 0.3) is 5.91 Å². The molecule has 1 aromatic carbocycles. The summed E-state index contributed by atoms with van der Waals surface area (Å²) in [7, 11) is -2.91. The molecule has 0 aromatic heterocycles. The summed E-state index contributed by atoms with van der Waals surface area (Å²) in [6, 6.07) is 2.91. The maximum absolute atomic E-state index is 13.2. The van der Waals surface area contributed by atoms with E-state index in [1.807, 2.05) is 0 Å². The third kappa shape index (κ3) is 3.69. The van der Waals surface area contributed by atoms with Crippen molar-refractivity contribution in [1.82, 2.24) is 4.90 Å². The highest BCUT2D eigenvalue weighted by Gasteiger charge is 2.37. The highest BCUT2D eigenvalue weighted by molar-refractivity contribution is 7.91. The Morgan fingerprint density at radius 3 is 2.26 bits per heavy atom. The Morgan fingerprint density at radius 1 is 1.13 bits per heavy atom. The zero-order valence-electron chi connectivity index (χ0n) is 12.6. The fourth-order valence-electron chi connectivity index (χ4n) is 3.38. The molecular formula is C15H19F2N2O3S+. The molecule has 5 nitrogen and oxygen atoms in total. The summed E-state index contributed by atoms with van der Waals surface area (Å²) in [5, 5.41) is 0. The van der Waals surface area contributed by atoms with Crippen molar-refractivity contribution in [2.75, 3.05) is 37.7 Å². The van der Waals surface area contributed by atoms with Crippen LogP contribution in [-0.4, -0.2) is 63.0 Å². The summed E-state index contributed by atoms with van der Waals surface area (Å²) >= 11 is 0. The zero-order valence-corrected chi connectivity index (χ0v) is 13.4. The van der Waals surface area contributed by atoms with Crippen molar-refractivity contribution in [2.45, 2.75) is 12.5 Å². The topological polar surface area (TPSA) is 58.9 Å². The van der Waals surface area contributed by atoms with Crippen molar-refractivity contribution in [3.05, 3.63) is 35.4 Å². The molecule has 1 aromatic rings. The lowest BCUT2D eigenvalue weighted by Crippen LogP contribution is -3.18. The van der Waals surface area contributed by atoms with Gasteiger partial charge in [0, 0.05) is 18.1 Å². The van der Waals surface area contributed by atoms with Gasteiger partial charge in [-0.05, 0) is 12.1 Å². The van der Waals surface area contributed by atoms with Crippen molar-refractivity contribution in [3.8, 4) is 0 Å². The number of halogens is 2. The summed E-state index contributed by atoms with van der Waals surface area (Å²) < 4.78 is 49.6. The van der Waals surface area contributed by atoms with E-state index in [0.717, 1.165) is 18.2 Å². The van der Waals surface area contributed by atoms with Crippen LogP contribution in [0.15, 0.2) is 18.2 Å². The molecule has 3 rings (SSSR count). The van der Waals surface area contributed by atoms with Crippen LogP contribution in [0.25, 0.3) is 0 Å². The Hall–Kier alpha value is -1.54. The zero-order chi connectivity index (χ0) is 16.6. The molecule has 1 amide bonds. The van der Waals surface area contributed by atoms with Crippen LogP contribution in [0.1, 0.15) is 16.8 Å². The Bertz CT molecular complexity index is 695. The van der Waals surface area contributed by atoms with Crippen LogP contribution < -0.4 is 4.90 Å². The second-order valence-electron chi connectivity index (χ2n) is 6.21. The first-order chi connectivity index (χ1) is 10.8. The van der Waals surface area contributed by atoms with Gasteiger partial charge in [-0.25, -0.2) is 17.2 Å². The first-order valence-corrected chi connectivity index (χ1v) is 9.46. The molecule has 2 aliphatic heterocycles. The largest absolute Gasteiger partial charge is 0.329 e. The summed E-state index contributed by atoms with van der Waals surface area (Å²) in [5.74, 6) is -1.47. The smallest absolute Gasteiger partial charge is 0.254 e. The van der Waals surface area contributed by atoms with Gasteiger partial charge in [0.1, 0.15) is 23.4 Å². The van der Waals surface area contributed by atoms with Crippen molar-refractivity contribution in [1.29, 1.82) is 0 Å². The first-order valence-electron chi connectivity index (χ1n) is 7.64. The lowest BCUT2D eigenvalue weighted by atomic mass is 10.1. The van der Waals surface area contributed by atoms with E-state index < -0.39 is 21.5 Å². The monoisotopic (exact) mass is 345 g/mol. The number of benzene rings is 1. The molecule has 1 atom stereocenters. The third-order valence-corrected chi connectivity index (χ3v) is 6.38. The molecule has 0 aliphatic carbocycles. The molecule has 0 radical (unpaired) electrons. The van der Waals surface area contributed by atoms with Crippen molar-refractivity contribution >= 4 is 15.7 Å². The number of carbonyl (C=O) groups excluding carboxylic acids is 1. The van der Waals surface area contributed by atoms with Gasteiger partial charge in [0.05, 0.1) is 31.9 Å². The molecule has 0 unspecified atom stereocenters. The number of rotatable bonds is 2. The van der Waals surface area contributed by atoms with Gasteiger partial charge in [0.15, 0.2) is 9.84 Å². The molecule has 2 saturated heterocycles. The standard InChI is InChI=1S/C15H18F2N2O3S/c16-12-7-11(8-13(17)9-12)15(20)19-4-2-18(3-5-19)14-1-6-23(21,22)10-14/h7-9,14H,1-6,10H2/p+1/t14-/m1/s1. The van der Waals surface area contributed by atoms with Crippen LogP contribution >= 0.6 is 0 Å². The maximum Gasteiger partial charge on any atom is 0.254 e. The van der Waals surface area contributed by atoms with Gasteiger partial charge in [-0.3, -0.25) is 4.79 Å². The Labute approximate surface area is 133 Å². The number of piperazine rings is 1. The molecule has 0 bridgehead atoms. The molecule has 23 heavy (non-hydrogen) atoms. The summed E-state index contributed by atoms with van der Waals surface area (Å²) in [6.45, 7) is 2.24. The molecule has 0 spiro atoms. The highest BCUT2D eigenvalue weighted by atomic mass is 32.2. The second kappa shape index (κ2) is 6.16. The van der Waals surface area contributed by atoms with Crippen LogP contribution in [0.5, 0.6) is 0 Å². The SMILES string of the molecule is O=C(c1cc(F)cc(F)c1)N1CC[NH+]([C@@H]2CCS(=O)(=O)C2)CC1. The van der Waals surface area contributed by atoms with E-state index >= 15 is 0 Å². The number of carbonyl (C=O) groups is 1. The molecule has 8 heteroatoms. The number of sulfone groups is 1. The number of nitrogens with one attached hydrogen (secondary N) is 1. The minimum absolute atomic E-state index is 0.00870. The Morgan fingerprint density at radius 2 is 1.74 bits per heavy atom. The normalized spacial score (nSPS) is 24.8. The van der Waals surface area contributed by atoms with Gasteiger partial charge in [0.2, 0.25) is 0 Å². The molecule has 2 fully saturated rings. The van der Waals surface area contributed by atoms with Crippen molar-refractivity contribution < 1.29 is 26.9 Å². The van der Waals surface area contributed by atoms with E-state index in [0.29, 0.717) is 32.6 Å². The predicted molar refractivity (Wildman–Crippen MR) is 80.0 cm³/mol. The summed E-state index contributed by atoms with van der Waals surface area (Å²) in [5.41, 5.74) is 0.00870. The number of hydrogen-bond acceptors (Lipinski definition) is 3. The van der Waals surface area contributed by atoms with Crippen LogP contribution in [0.2, 0.25) is 0 Å². The average molecular weight is 345 g/mol. The fourth-order valence-corrected chi connectivity index (χ4v) is 5.21. The van der Waals surface area contributed by atoms with Crippen molar-refractivity contribution in [2.24, 2.45) is 0 Å². The van der Waals surface area contributed by atoms with E-state index in [9.17, 15) is 22.0 Å². The van der Waals surface area contributed by atoms with Gasteiger partial charge < -0.3 is 9.80 Å². The Kier molecular flexibility index (Phi) is 4.37. The van der Waals surface area contributed by atoms with E-state index in [1.54, 1.807) is 4.90 Å². The first kappa shape index (κ1) is 16.3. The van der Waals surface area contributed by atoms with E-state index in [-0.39, 0.29) is 29.0 Å². The molecule has 2 heterocycles. The van der Waals surface area contributed by atoms with Gasteiger partial charge in [-0.1, -0.05) is 0 Å². The van der Waals surface area contributed by atoms with Gasteiger partial charge in [-0.2, -0.15) is 0 Å². The molecule has 0 saturated carbocycles. The third-order valence-electron chi connectivity index (χ3n) is 4.61. The maximum atomic E-state index is 13.2. The van der Waals surface area contributed by atoms with Crippen LogP contribution in [0.4, 0.5) is 8.78 Å². The van der Waals surface area contributed by atoms with E-state index in [2.05, 4.69) is 0 Å². The number of amides is 1. The quantitative estimate of drug-likeness (QED) is 0.786. The lowest BCUT2D eigenvalue weighted by molar-refractivity contribution is -0.925. The lowest BCUT2D eigenvalue weighted by Gasteiger charge is -2.35. The van der Waals surface area contributed by atoms with Crippen LogP contribution in [0.3, 0.4) is 0 Å². The molecule has 1 N–H and O–H groups in total. The number of quaternary nitrogens is 1. The van der Waals surface area contributed by atoms with E-state index in [1.165, 1.54) is 4.90 Å². The van der Waals surface area contributed by atoms with Gasteiger partial charge >= 0.3 is 0 Å². The number of nitrogens with zero attached hydrogens (tertiary/aromatic N) is 1. The molecule has 126 valence electrons. The minimum atomic E-state index is -2.91. The Balaban J connectivity index is 1.61. The van der Waals surface area contributed by atoms with Gasteiger partial charge in [-0.15, -0.1) is 0 Å². The minimum Gasteiger partial charge on any atom is -0.329 e. The van der Waals surface area contributed by atoms with Crippen LogP contribution in [0, 0.1) is 11.6 Å². The molecule has 2 aliphatic rings. The highest BCUT2D eigenvalue weighted by Crippen LogP contribution is 2.12. The van der Waals surface area contributed by atoms with E-state index in [4.69, 9.17) is 0 Å². The second-order valence-corrected chi connectivity index (χ2v) is 8.44. The summed E-state index contributed by atoms with van der Waals surface area (Å²) in [6.07, 6.45) is 0.667. The predicted octanol–water partition coefficient (Wildman–Crippen LogP) is -0.507. The van der Waals surface area contributed by atoms with Crippen molar-refractivity contribution in [3.63, 3.8) is 0 Å². The summed E-state index contributed by atoms with van der Waals surface area (Å²) in [4.78, 5) is 15.1. The molecular weight excluding hydrogens is 326 g/mol. The average Bonchev–Trinajstić information content (AvgIpc) is 2.86. The van der Waals surface area contributed by atoms with Crippen LogP contribution in [-0.2, 0) is 9.84 Å².